The number of esters is 1. The van der Waals surface area contributed by atoms with E-state index in [2.05, 4.69) is 49.5 Å². The minimum absolute atomic E-state index is 0.0600. The van der Waals surface area contributed by atoms with Crippen LogP contribution in [0.5, 0.6) is 5.75 Å². The Morgan fingerprint density at radius 1 is 0.948 bits per heavy atom. The van der Waals surface area contributed by atoms with Gasteiger partial charge in [0.2, 0.25) is 11.8 Å². The second-order valence-corrected chi connectivity index (χ2v) is 29.1. The summed E-state index contributed by atoms with van der Waals surface area (Å²) in [6, 6.07) is 6.28. The first kappa shape index (κ1) is 48.3. The van der Waals surface area contributed by atoms with Crippen molar-refractivity contribution in [1.82, 2.24) is 15.6 Å². The molecule has 0 aliphatic carbocycles. The molecule has 2 heterocycles. The van der Waals surface area contributed by atoms with Crippen molar-refractivity contribution in [2.24, 2.45) is 11.8 Å². The molecule has 0 saturated heterocycles. The molecule has 0 radical (unpaired) electrons. The van der Waals surface area contributed by atoms with Crippen molar-refractivity contribution in [3.8, 4) is 5.75 Å². The number of carbonyl (C=O) groups excluding carboxylic acids is 4. The van der Waals surface area contributed by atoms with E-state index in [1.165, 1.54) is 6.08 Å². The number of cyclic esters (lactones) is 1. The van der Waals surface area contributed by atoms with Crippen molar-refractivity contribution < 1.29 is 37.5 Å². The van der Waals surface area contributed by atoms with Crippen molar-refractivity contribution in [2.75, 3.05) is 6.54 Å². The standard InChI is InChI=1S/C45H69N3O8Si2/c1-29(2)40-31(4)18-23-37(50)46-24-16-17-30(3)25-35(56-58(14,15)45(8,9)10)27-33(49)28-38-48-39(43(53-38)57(11,12)13)41(51)47-36(42(52)54-40)26-32-19-21-34(22-20-32)55-44(5,6)7/h16-23,25,29,31,35-36,40H,24,26-28H2,1-15H3,(H,46,50)(H,47,51)/b17-16+,23-18+,30-25+/t31-,35-,36-,40-/m1/s1. The van der Waals surface area contributed by atoms with Crippen LogP contribution in [0.2, 0.25) is 37.8 Å². The van der Waals surface area contributed by atoms with Gasteiger partial charge in [-0.15, -0.1) is 0 Å². The van der Waals surface area contributed by atoms with Gasteiger partial charge in [0.15, 0.2) is 14.0 Å². The highest BCUT2D eigenvalue weighted by molar-refractivity contribution is 6.88. The summed E-state index contributed by atoms with van der Waals surface area (Å²) in [5.74, 6) is -1.28. The van der Waals surface area contributed by atoms with Gasteiger partial charge in [-0.25, -0.2) is 9.78 Å². The van der Waals surface area contributed by atoms with E-state index < -0.39 is 52.1 Å². The van der Waals surface area contributed by atoms with E-state index in [0.717, 1.165) is 11.1 Å². The Kier molecular flexibility index (Phi) is 16.5. The molecule has 1 aliphatic heterocycles. The molecule has 1 aromatic carbocycles. The number of hydrogen-bond acceptors (Lipinski definition) is 9. The number of aromatic nitrogens is 1. The van der Waals surface area contributed by atoms with Crippen LogP contribution in [0.3, 0.4) is 0 Å². The Bertz CT molecular complexity index is 1840. The average molecular weight is 836 g/mol. The van der Waals surface area contributed by atoms with Crippen LogP contribution in [0.25, 0.3) is 0 Å². The van der Waals surface area contributed by atoms with Gasteiger partial charge in [-0.1, -0.05) is 103 Å². The van der Waals surface area contributed by atoms with Crippen LogP contribution in [0, 0.1) is 11.8 Å². The van der Waals surface area contributed by atoms with Gasteiger partial charge < -0.3 is 29.0 Å². The number of benzene rings is 1. The van der Waals surface area contributed by atoms with Crippen molar-refractivity contribution in [1.29, 1.82) is 0 Å². The Morgan fingerprint density at radius 3 is 2.16 bits per heavy atom. The fourth-order valence-corrected chi connectivity index (χ4v) is 8.75. The molecular weight excluding hydrogens is 767 g/mol. The van der Waals surface area contributed by atoms with Gasteiger partial charge in [-0.05, 0) is 75.5 Å². The summed E-state index contributed by atoms with van der Waals surface area (Å²) in [4.78, 5) is 59.7. The number of nitrogens with zero attached hydrogens (tertiary/aromatic N) is 1. The maximum absolute atomic E-state index is 14.3. The van der Waals surface area contributed by atoms with E-state index in [-0.39, 0.29) is 66.0 Å². The molecule has 320 valence electrons. The van der Waals surface area contributed by atoms with Gasteiger partial charge in [0.1, 0.15) is 42.7 Å². The van der Waals surface area contributed by atoms with E-state index in [1.807, 2.05) is 111 Å². The lowest BCUT2D eigenvalue weighted by Crippen LogP contribution is -2.48. The number of rotatable bonds is 7. The number of nitrogens with one attached hydrogen (secondary N) is 2. The van der Waals surface area contributed by atoms with Crippen molar-refractivity contribution in [3.63, 3.8) is 0 Å². The highest BCUT2D eigenvalue weighted by Crippen LogP contribution is 2.38. The molecule has 2 aromatic rings. The maximum Gasteiger partial charge on any atom is 0.329 e. The second kappa shape index (κ2) is 19.8. The molecule has 2 N–H and O–H groups in total. The highest BCUT2D eigenvalue weighted by atomic mass is 28.4. The van der Waals surface area contributed by atoms with Crippen LogP contribution in [0.4, 0.5) is 0 Å². The molecule has 3 rings (SSSR count). The van der Waals surface area contributed by atoms with Crippen LogP contribution in [0.15, 0.2) is 64.6 Å². The Balaban J connectivity index is 2.11. The number of ketones is 1. The smallest absolute Gasteiger partial charge is 0.329 e. The fraction of sp³-hybridized carbons (Fsp3) is 0.578. The lowest BCUT2D eigenvalue weighted by atomic mass is 9.94. The third-order valence-electron chi connectivity index (χ3n) is 10.2. The van der Waals surface area contributed by atoms with Crippen LogP contribution < -0.4 is 20.8 Å². The largest absolute Gasteiger partial charge is 0.488 e. The summed E-state index contributed by atoms with van der Waals surface area (Å²) >= 11 is 0. The SMILES string of the molecule is CC1=C\[C@@H](O[Si](C)(C)C(C)(C)C)CC(=O)Cc2nc(c([Si](C)(C)C)o2)C(=O)N[C@H](Cc2ccc(OC(C)(C)C)cc2)C(=O)O[C@H](C(C)C)[C@H](C)/C=C/C(=O)NC\C=C\1. The van der Waals surface area contributed by atoms with Crippen LogP contribution in [0.1, 0.15) is 97.6 Å². The zero-order chi connectivity index (χ0) is 43.8. The number of fused-ring (bicyclic) bond motifs is 2. The predicted molar refractivity (Wildman–Crippen MR) is 236 cm³/mol. The topological polar surface area (TPSA) is 146 Å². The van der Waals surface area contributed by atoms with Crippen molar-refractivity contribution in [3.05, 3.63) is 77.4 Å². The number of hydrogen-bond donors (Lipinski definition) is 2. The second-order valence-electron chi connectivity index (χ2n) is 19.4. The van der Waals surface area contributed by atoms with Crippen LogP contribution in [-0.4, -0.2) is 75.3 Å². The molecule has 11 nitrogen and oxygen atoms in total. The lowest BCUT2D eigenvalue weighted by Gasteiger charge is -2.38. The average Bonchev–Trinajstić information content (AvgIpc) is 3.51. The van der Waals surface area contributed by atoms with E-state index in [9.17, 15) is 19.2 Å². The van der Waals surface area contributed by atoms with Gasteiger partial charge in [0.05, 0.1) is 12.5 Å². The fourth-order valence-electron chi connectivity index (χ4n) is 6.19. The lowest BCUT2D eigenvalue weighted by molar-refractivity contribution is -0.155. The van der Waals surface area contributed by atoms with Gasteiger partial charge >= 0.3 is 5.97 Å². The third-order valence-corrected chi connectivity index (χ3v) is 16.4. The summed E-state index contributed by atoms with van der Waals surface area (Å²) in [5, 5.41) is 6.14. The van der Waals surface area contributed by atoms with Crippen LogP contribution in [-0.2, 0) is 36.4 Å². The molecule has 0 spiro atoms. The van der Waals surface area contributed by atoms with Crippen molar-refractivity contribution >= 4 is 45.3 Å². The third kappa shape index (κ3) is 14.9. The zero-order valence-electron chi connectivity index (χ0n) is 37.6. The predicted octanol–water partition coefficient (Wildman–Crippen LogP) is 8.02. The molecule has 0 fully saturated rings. The zero-order valence-corrected chi connectivity index (χ0v) is 39.6. The van der Waals surface area contributed by atoms with E-state index >= 15 is 0 Å². The number of allylic oxidation sites excluding steroid dienone is 2. The Labute approximate surface area is 349 Å². The molecule has 13 heteroatoms. The van der Waals surface area contributed by atoms with E-state index in [1.54, 1.807) is 6.08 Å². The monoisotopic (exact) mass is 835 g/mol. The maximum atomic E-state index is 14.3. The Hall–Kier alpha value is -4.08. The normalized spacial score (nSPS) is 23.6. The van der Waals surface area contributed by atoms with Crippen LogP contribution >= 0.6 is 0 Å². The minimum Gasteiger partial charge on any atom is -0.488 e. The Morgan fingerprint density at radius 2 is 1.59 bits per heavy atom. The first-order valence-corrected chi connectivity index (χ1v) is 26.9. The molecular formula is C45H69N3O8Si2. The molecule has 58 heavy (non-hydrogen) atoms. The number of ether oxygens (including phenoxy) is 2. The molecule has 0 unspecified atom stereocenters. The van der Waals surface area contributed by atoms with E-state index in [0.29, 0.717) is 11.1 Å². The molecule has 1 aliphatic rings. The van der Waals surface area contributed by atoms with Gasteiger partial charge in [-0.2, -0.15) is 0 Å². The molecule has 1 aromatic heterocycles. The highest BCUT2D eigenvalue weighted by Gasteiger charge is 2.40. The molecule has 4 atom stereocenters. The number of oxazole rings is 1. The quantitative estimate of drug-likeness (QED) is 0.209. The van der Waals surface area contributed by atoms with Gasteiger partial charge in [0, 0.05) is 25.3 Å². The molecule has 2 amide bonds. The summed E-state index contributed by atoms with van der Waals surface area (Å²) in [6.07, 6.45) is 7.84. The number of Topliss-reactive ketones (excluding diaryl/α,β-unsaturated/α-hetero) is 1. The summed E-state index contributed by atoms with van der Waals surface area (Å²) < 4.78 is 25.2. The first-order chi connectivity index (χ1) is 26.6. The first-order valence-electron chi connectivity index (χ1n) is 20.4. The van der Waals surface area contributed by atoms with E-state index in [4.69, 9.17) is 18.3 Å². The number of carbonyl (C=O) groups is 4. The minimum atomic E-state index is -2.34. The molecule has 2 bridgehead atoms. The summed E-state index contributed by atoms with van der Waals surface area (Å²) in [7, 11) is -4.64. The van der Waals surface area contributed by atoms with Gasteiger partial charge in [0.25, 0.3) is 5.91 Å². The van der Waals surface area contributed by atoms with Crippen molar-refractivity contribution in [2.45, 2.75) is 150 Å². The molecule has 0 saturated carbocycles. The summed E-state index contributed by atoms with van der Waals surface area (Å²) in [5.41, 5.74) is 1.33. The number of amides is 2. The summed E-state index contributed by atoms with van der Waals surface area (Å²) in [6.45, 7) is 30.7. The van der Waals surface area contributed by atoms with Gasteiger partial charge in [-0.3, -0.25) is 14.4 Å².